The summed E-state index contributed by atoms with van der Waals surface area (Å²) in [6.45, 7) is 3.65. The first-order valence-electron chi connectivity index (χ1n) is 9.48. The molecule has 1 amide bonds. The molecule has 0 saturated heterocycles. The SMILES string of the molecule is CCN(c1ccccc1)S(=O)(=O)c1cccc(C(=O)Nc2cc([N+](=O)[O-])ccc2C)c1. The average Bonchev–Trinajstić information content (AvgIpc) is 2.76. The van der Waals surface area contributed by atoms with Crippen LogP contribution < -0.4 is 9.62 Å². The molecule has 0 spiro atoms. The third-order valence-corrected chi connectivity index (χ3v) is 6.59. The van der Waals surface area contributed by atoms with Crippen LogP contribution in [0.1, 0.15) is 22.8 Å². The highest BCUT2D eigenvalue weighted by Gasteiger charge is 2.24. The van der Waals surface area contributed by atoms with Gasteiger partial charge in [0.2, 0.25) is 0 Å². The Morgan fingerprint density at radius 1 is 1.03 bits per heavy atom. The van der Waals surface area contributed by atoms with Crippen molar-refractivity contribution in [3.05, 3.63) is 94.0 Å². The van der Waals surface area contributed by atoms with E-state index in [-0.39, 0.29) is 28.4 Å². The number of non-ortho nitro benzene ring substituents is 1. The van der Waals surface area contributed by atoms with Crippen molar-refractivity contribution in [3.63, 3.8) is 0 Å². The monoisotopic (exact) mass is 439 g/mol. The highest BCUT2D eigenvalue weighted by Crippen LogP contribution is 2.25. The van der Waals surface area contributed by atoms with Gasteiger partial charge in [0.15, 0.2) is 0 Å². The molecule has 0 saturated carbocycles. The largest absolute Gasteiger partial charge is 0.321 e. The van der Waals surface area contributed by atoms with Gasteiger partial charge in [-0.25, -0.2) is 8.42 Å². The molecule has 0 fully saturated rings. The van der Waals surface area contributed by atoms with Crippen molar-refractivity contribution < 1.29 is 18.1 Å². The second-order valence-corrected chi connectivity index (χ2v) is 8.61. The van der Waals surface area contributed by atoms with E-state index >= 15 is 0 Å². The number of hydrogen-bond donors (Lipinski definition) is 1. The summed E-state index contributed by atoms with van der Waals surface area (Å²) in [6, 6.07) is 18.5. The van der Waals surface area contributed by atoms with Crippen LogP contribution >= 0.6 is 0 Å². The van der Waals surface area contributed by atoms with Crippen molar-refractivity contribution in [1.29, 1.82) is 0 Å². The molecule has 0 bridgehead atoms. The van der Waals surface area contributed by atoms with E-state index < -0.39 is 20.9 Å². The Hall–Kier alpha value is -3.72. The lowest BCUT2D eigenvalue weighted by Gasteiger charge is -2.23. The topological polar surface area (TPSA) is 110 Å². The smallest absolute Gasteiger partial charge is 0.271 e. The second kappa shape index (κ2) is 8.97. The number of benzene rings is 3. The molecule has 0 unspecified atom stereocenters. The number of carbonyl (C=O) groups excluding carboxylic acids is 1. The lowest BCUT2D eigenvalue weighted by molar-refractivity contribution is -0.384. The summed E-state index contributed by atoms with van der Waals surface area (Å²) in [6.07, 6.45) is 0. The maximum absolute atomic E-state index is 13.2. The zero-order valence-electron chi connectivity index (χ0n) is 17.0. The van der Waals surface area contributed by atoms with Crippen LogP contribution in [0.15, 0.2) is 77.7 Å². The Kier molecular flexibility index (Phi) is 6.36. The van der Waals surface area contributed by atoms with E-state index in [4.69, 9.17) is 0 Å². The molecule has 0 heterocycles. The number of sulfonamides is 1. The van der Waals surface area contributed by atoms with Crippen LogP contribution in [0.4, 0.5) is 17.1 Å². The van der Waals surface area contributed by atoms with Crippen LogP contribution in [0.3, 0.4) is 0 Å². The highest BCUT2D eigenvalue weighted by atomic mass is 32.2. The van der Waals surface area contributed by atoms with E-state index in [2.05, 4.69) is 5.32 Å². The summed E-state index contributed by atoms with van der Waals surface area (Å²) in [5, 5.41) is 13.6. The fraction of sp³-hybridized carbons (Fsp3) is 0.136. The summed E-state index contributed by atoms with van der Waals surface area (Å²) < 4.78 is 27.6. The van der Waals surface area contributed by atoms with Crippen molar-refractivity contribution in [2.75, 3.05) is 16.2 Å². The highest BCUT2D eigenvalue weighted by molar-refractivity contribution is 7.92. The Morgan fingerprint density at radius 2 is 1.74 bits per heavy atom. The first-order chi connectivity index (χ1) is 14.7. The van der Waals surface area contributed by atoms with Crippen LogP contribution in [0.25, 0.3) is 0 Å². The third-order valence-electron chi connectivity index (χ3n) is 4.70. The lowest BCUT2D eigenvalue weighted by Crippen LogP contribution is -2.31. The van der Waals surface area contributed by atoms with Gasteiger partial charge in [-0.15, -0.1) is 0 Å². The van der Waals surface area contributed by atoms with Crippen molar-refractivity contribution in [2.45, 2.75) is 18.7 Å². The van der Waals surface area contributed by atoms with Gasteiger partial charge in [-0.3, -0.25) is 19.2 Å². The summed E-state index contributed by atoms with van der Waals surface area (Å²) in [5.41, 5.74) is 1.41. The number of aryl methyl sites for hydroxylation is 1. The first-order valence-corrected chi connectivity index (χ1v) is 10.9. The number of nitro groups is 1. The number of carbonyl (C=O) groups is 1. The third kappa shape index (κ3) is 4.72. The molecule has 1 N–H and O–H groups in total. The molecule has 0 aromatic heterocycles. The predicted molar refractivity (Wildman–Crippen MR) is 119 cm³/mol. The summed E-state index contributed by atoms with van der Waals surface area (Å²) in [4.78, 5) is 23.2. The van der Waals surface area contributed by atoms with Crippen molar-refractivity contribution in [1.82, 2.24) is 0 Å². The second-order valence-electron chi connectivity index (χ2n) is 6.74. The Labute approximate surface area is 180 Å². The molecule has 0 atom stereocenters. The summed E-state index contributed by atoms with van der Waals surface area (Å²) in [5.74, 6) is -0.566. The van der Waals surface area contributed by atoms with E-state index in [0.717, 1.165) is 0 Å². The van der Waals surface area contributed by atoms with E-state index in [1.807, 2.05) is 0 Å². The molecule has 3 aromatic carbocycles. The quantitative estimate of drug-likeness (QED) is 0.434. The van der Waals surface area contributed by atoms with Crippen LogP contribution in [0, 0.1) is 17.0 Å². The minimum atomic E-state index is -3.90. The number of anilines is 2. The molecule has 8 nitrogen and oxygen atoms in total. The molecule has 3 rings (SSSR count). The fourth-order valence-corrected chi connectivity index (χ4v) is 4.58. The lowest BCUT2D eigenvalue weighted by atomic mass is 10.1. The number of para-hydroxylation sites is 1. The molecular weight excluding hydrogens is 418 g/mol. The molecule has 0 aliphatic carbocycles. The number of nitrogens with one attached hydrogen (secondary N) is 1. The predicted octanol–water partition coefficient (Wildman–Crippen LogP) is 4.37. The zero-order chi connectivity index (χ0) is 22.6. The molecule has 0 aliphatic heterocycles. The summed E-state index contributed by atoms with van der Waals surface area (Å²) in [7, 11) is -3.90. The van der Waals surface area contributed by atoms with Crippen LogP contribution in [-0.2, 0) is 10.0 Å². The van der Waals surface area contributed by atoms with Crippen molar-refractivity contribution in [3.8, 4) is 0 Å². The van der Waals surface area contributed by atoms with E-state index in [1.54, 1.807) is 44.2 Å². The normalized spacial score (nSPS) is 11.0. The number of hydrogen-bond acceptors (Lipinski definition) is 5. The maximum Gasteiger partial charge on any atom is 0.271 e. The van der Waals surface area contributed by atoms with Gasteiger partial charge in [-0.1, -0.05) is 30.3 Å². The van der Waals surface area contributed by atoms with Gasteiger partial charge < -0.3 is 5.32 Å². The van der Waals surface area contributed by atoms with Gasteiger partial charge in [-0.2, -0.15) is 0 Å². The average molecular weight is 439 g/mol. The molecule has 160 valence electrons. The number of amides is 1. The van der Waals surface area contributed by atoms with Crippen LogP contribution in [0.2, 0.25) is 0 Å². The Morgan fingerprint density at radius 3 is 2.39 bits per heavy atom. The zero-order valence-corrected chi connectivity index (χ0v) is 17.8. The Balaban J connectivity index is 1.92. The Bertz CT molecular complexity index is 1230. The van der Waals surface area contributed by atoms with Gasteiger partial charge in [0, 0.05) is 24.2 Å². The molecule has 0 aliphatic rings. The van der Waals surface area contributed by atoms with Gasteiger partial charge in [0.1, 0.15) is 0 Å². The number of rotatable bonds is 7. The fourth-order valence-electron chi connectivity index (χ4n) is 3.06. The number of nitrogens with zero attached hydrogens (tertiary/aromatic N) is 2. The molecule has 3 aromatic rings. The van der Waals surface area contributed by atoms with Gasteiger partial charge >= 0.3 is 0 Å². The van der Waals surface area contributed by atoms with Crippen LogP contribution in [-0.4, -0.2) is 25.8 Å². The maximum atomic E-state index is 13.2. The molecule has 31 heavy (non-hydrogen) atoms. The van der Waals surface area contributed by atoms with E-state index in [1.165, 1.54) is 46.8 Å². The molecule has 9 heteroatoms. The molecular formula is C22H21N3O5S. The van der Waals surface area contributed by atoms with Crippen molar-refractivity contribution >= 4 is 33.0 Å². The minimum absolute atomic E-state index is 0.0263. The van der Waals surface area contributed by atoms with E-state index in [0.29, 0.717) is 11.3 Å². The first kappa shape index (κ1) is 22.0. The van der Waals surface area contributed by atoms with Gasteiger partial charge in [-0.05, 0) is 49.7 Å². The van der Waals surface area contributed by atoms with E-state index in [9.17, 15) is 23.3 Å². The number of nitro benzene ring substituents is 1. The minimum Gasteiger partial charge on any atom is -0.321 e. The standard InChI is InChI=1S/C22H21N3O5S/c1-3-24(18-9-5-4-6-10-18)31(29,30)20-11-7-8-17(14-20)22(26)23-21-15-19(25(27)28)13-12-16(21)2/h4-15H,3H2,1-2H3,(H,23,26). The van der Waals surface area contributed by atoms with Crippen molar-refractivity contribution in [2.24, 2.45) is 0 Å². The van der Waals surface area contributed by atoms with Crippen LogP contribution in [0.5, 0.6) is 0 Å². The van der Waals surface area contributed by atoms with Gasteiger partial charge in [0.25, 0.3) is 21.6 Å². The summed E-state index contributed by atoms with van der Waals surface area (Å²) >= 11 is 0. The molecule has 0 radical (unpaired) electrons. The van der Waals surface area contributed by atoms with Gasteiger partial charge in [0.05, 0.1) is 21.2 Å².